The molecule has 0 radical (unpaired) electrons. The molecule has 1 aromatic carbocycles. The third kappa shape index (κ3) is 3.15. The summed E-state index contributed by atoms with van der Waals surface area (Å²) in [5.41, 5.74) is 2.33. The van der Waals surface area contributed by atoms with E-state index in [9.17, 15) is 0 Å². The Hall–Kier alpha value is -1.18. The number of benzene rings is 1. The normalized spacial score (nSPS) is 12.7. The smallest absolute Gasteiger partial charge is 0.141 e. The average Bonchev–Trinajstić information content (AvgIpc) is 2.18. The third-order valence-electron chi connectivity index (χ3n) is 2.74. The quantitative estimate of drug-likeness (QED) is 0.816. The van der Waals surface area contributed by atoms with E-state index < -0.39 is 0 Å². The van der Waals surface area contributed by atoms with Gasteiger partial charge in [0.15, 0.2) is 0 Å². The van der Waals surface area contributed by atoms with Gasteiger partial charge in [-0.3, -0.25) is 0 Å². The molecule has 0 aliphatic heterocycles. The van der Waals surface area contributed by atoms with E-state index in [-0.39, 0.29) is 0 Å². The van der Waals surface area contributed by atoms with Crippen molar-refractivity contribution in [3.05, 3.63) is 23.8 Å². The summed E-state index contributed by atoms with van der Waals surface area (Å²) >= 11 is 0. The Morgan fingerprint density at radius 1 is 1.20 bits per heavy atom. The van der Waals surface area contributed by atoms with Crippen molar-refractivity contribution < 1.29 is 4.74 Å². The van der Waals surface area contributed by atoms with Crippen LogP contribution in [0.4, 0.5) is 5.69 Å². The minimum absolute atomic E-state index is 0.445. The van der Waals surface area contributed by atoms with E-state index in [1.807, 2.05) is 6.07 Å². The van der Waals surface area contributed by atoms with E-state index in [2.05, 4.69) is 45.1 Å². The van der Waals surface area contributed by atoms with Gasteiger partial charge in [0.1, 0.15) is 5.75 Å². The van der Waals surface area contributed by atoms with Gasteiger partial charge in [0.25, 0.3) is 0 Å². The highest BCUT2D eigenvalue weighted by molar-refractivity contribution is 5.58. The number of hydrogen-bond acceptors (Lipinski definition) is 2. The Balaban J connectivity index is 2.87. The summed E-state index contributed by atoms with van der Waals surface area (Å²) in [4.78, 5) is 0. The monoisotopic (exact) mass is 207 g/mol. The van der Waals surface area contributed by atoms with Gasteiger partial charge in [-0.15, -0.1) is 0 Å². The molecule has 1 atom stereocenters. The van der Waals surface area contributed by atoms with Gasteiger partial charge in [-0.25, -0.2) is 0 Å². The number of rotatable bonds is 4. The molecule has 0 aliphatic rings. The highest BCUT2D eigenvalue weighted by atomic mass is 16.5. The van der Waals surface area contributed by atoms with Crippen LogP contribution in [0.1, 0.15) is 26.3 Å². The first-order chi connectivity index (χ1) is 7.04. The molecule has 15 heavy (non-hydrogen) atoms. The molecule has 0 spiro atoms. The van der Waals surface area contributed by atoms with E-state index >= 15 is 0 Å². The maximum atomic E-state index is 5.32. The van der Waals surface area contributed by atoms with Crippen LogP contribution in [0.2, 0.25) is 0 Å². The van der Waals surface area contributed by atoms with Gasteiger partial charge in [-0.1, -0.05) is 19.9 Å². The van der Waals surface area contributed by atoms with Crippen LogP contribution in [0.3, 0.4) is 0 Å². The molecule has 0 aliphatic carbocycles. The molecule has 0 saturated heterocycles. The fraction of sp³-hybridized carbons (Fsp3) is 0.538. The summed E-state index contributed by atoms with van der Waals surface area (Å²) < 4.78 is 5.32. The summed E-state index contributed by atoms with van der Waals surface area (Å²) in [6.07, 6.45) is 0. The number of aryl methyl sites for hydroxylation is 1. The van der Waals surface area contributed by atoms with E-state index in [0.29, 0.717) is 12.0 Å². The summed E-state index contributed by atoms with van der Waals surface area (Å²) in [7, 11) is 1.70. The maximum absolute atomic E-state index is 5.32. The van der Waals surface area contributed by atoms with E-state index in [1.165, 1.54) is 5.56 Å². The largest absolute Gasteiger partial charge is 0.495 e. The van der Waals surface area contributed by atoms with Crippen molar-refractivity contribution in [2.24, 2.45) is 5.92 Å². The van der Waals surface area contributed by atoms with Crippen molar-refractivity contribution in [1.82, 2.24) is 0 Å². The Morgan fingerprint density at radius 2 is 1.87 bits per heavy atom. The number of nitrogens with one attached hydrogen (secondary N) is 1. The van der Waals surface area contributed by atoms with Crippen molar-refractivity contribution in [3.8, 4) is 5.75 Å². The topological polar surface area (TPSA) is 21.3 Å². The molecule has 1 rings (SSSR count). The van der Waals surface area contributed by atoms with Crippen LogP contribution in [0.5, 0.6) is 5.75 Å². The molecule has 84 valence electrons. The molecule has 0 aromatic heterocycles. The molecule has 1 unspecified atom stereocenters. The minimum atomic E-state index is 0.445. The molecule has 0 fully saturated rings. The van der Waals surface area contributed by atoms with Crippen LogP contribution in [0.15, 0.2) is 18.2 Å². The Bertz CT molecular complexity index is 320. The van der Waals surface area contributed by atoms with Crippen LogP contribution >= 0.6 is 0 Å². The lowest BCUT2D eigenvalue weighted by Gasteiger charge is -2.20. The second-order valence-corrected chi connectivity index (χ2v) is 4.38. The first kappa shape index (κ1) is 11.9. The predicted molar refractivity (Wildman–Crippen MR) is 65.7 cm³/mol. The van der Waals surface area contributed by atoms with Crippen LogP contribution in [0, 0.1) is 12.8 Å². The van der Waals surface area contributed by atoms with Crippen molar-refractivity contribution in [1.29, 1.82) is 0 Å². The molecule has 1 N–H and O–H groups in total. The van der Waals surface area contributed by atoms with E-state index in [0.717, 1.165) is 11.4 Å². The van der Waals surface area contributed by atoms with E-state index in [4.69, 9.17) is 4.74 Å². The molecule has 0 bridgehead atoms. The number of methoxy groups -OCH3 is 1. The lowest BCUT2D eigenvalue weighted by atomic mass is 10.1. The van der Waals surface area contributed by atoms with Crippen LogP contribution in [0.25, 0.3) is 0 Å². The lowest BCUT2D eigenvalue weighted by Crippen LogP contribution is -2.21. The standard InChI is InChI=1S/C13H21NO/c1-9(2)11(4)14-12-8-10(3)6-7-13(12)15-5/h6-9,11,14H,1-5H3. The molecule has 2 heteroatoms. The third-order valence-corrected chi connectivity index (χ3v) is 2.74. The molecular formula is C13H21NO. The molecule has 0 amide bonds. The molecule has 2 nitrogen and oxygen atoms in total. The van der Waals surface area contributed by atoms with Gasteiger partial charge in [0.2, 0.25) is 0 Å². The molecule has 0 saturated carbocycles. The Morgan fingerprint density at radius 3 is 2.40 bits per heavy atom. The van der Waals surface area contributed by atoms with Gasteiger partial charge in [-0.05, 0) is 37.5 Å². The maximum Gasteiger partial charge on any atom is 0.141 e. The van der Waals surface area contributed by atoms with Crippen LogP contribution in [-0.2, 0) is 0 Å². The van der Waals surface area contributed by atoms with E-state index in [1.54, 1.807) is 7.11 Å². The fourth-order valence-corrected chi connectivity index (χ4v) is 1.35. The first-order valence-corrected chi connectivity index (χ1v) is 5.45. The van der Waals surface area contributed by atoms with Crippen molar-refractivity contribution in [2.75, 3.05) is 12.4 Å². The zero-order chi connectivity index (χ0) is 11.4. The van der Waals surface area contributed by atoms with Crippen molar-refractivity contribution in [2.45, 2.75) is 33.7 Å². The van der Waals surface area contributed by atoms with Gasteiger partial charge in [0.05, 0.1) is 12.8 Å². The zero-order valence-corrected chi connectivity index (χ0v) is 10.3. The van der Waals surface area contributed by atoms with Crippen LogP contribution < -0.4 is 10.1 Å². The summed E-state index contributed by atoms with van der Waals surface area (Å²) in [5.74, 6) is 1.52. The number of hydrogen-bond donors (Lipinski definition) is 1. The minimum Gasteiger partial charge on any atom is -0.495 e. The summed E-state index contributed by atoms with van der Waals surface area (Å²) in [6.45, 7) is 8.69. The summed E-state index contributed by atoms with van der Waals surface area (Å²) in [5, 5.41) is 3.48. The summed E-state index contributed by atoms with van der Waals surface area (Å²) in [6, 6.07) is 6.63. The Labute approximate surface area is 92.6 Å². The van der Waals surface area contributed by atoms with Crippen LogP contribution in [-0.4, -0.2) is 13.2 Å². The lowest BCUT2D eigenvalue weighted by molar-refractivity contribution is 0.415. The number of ether oxygens (including phenoxy) is 1. The SMILES string of the molecule is COc1ccc(C)cc1NC(C)C(C)C. The second-order valence-electron chi connectivity index (χ2n) is 4.38. The zero-order valence-electron chi connectivity index (χ0n) is 10.3. The van der Waals surface area contributed by atoms with Gasteiger partial charge in [-0.2, -0.15) is 0 Å². The predicted octanol–water partition coefficient (Wildman–Crippen LogP) is 3.46. The molecule has 1 aromatic rings. The highest BCUT2D eigenvalue weighted by Crippen LogP contribution is 2.26. The second kappa shape index (κ2) is 5.06. The fourth-order valence-electron chi connectivity index (χ4n) is 1.35. The van der Waals surface area contributed by atoms with Gasteiger partial charge < -0.3 is 10.1 Å². The molecule has 0 heterocycles. The number of anilines is 1. The average molecular weight is 207 g/mol. The van der Waals surface area contributed by atoms with Gasteiger partial charge in [0, 0.05) is 6.04 Å². The van der Waals surface area contributed by atoms with Crippen molar-refractivity contribution in [3.63, 3.8) is 0 Å². The first-order valence-electron chi connectivity index (χ1n) is 5.45. The molecular weight excluding hydrogens is 186 g/mol. The highest BCUT2D eigenvalue weighted by Gasteiger charge is 2.09. The van der Waals surface area contributed by atoms with Gasteiger partial charge >= 0.3 is 0 Å². The van der Waals surface area contributed by atoms with Crippen molar-refractivity contribution >= 4 is 5.69 Å². The Kier molecular flexibility index (Phi) is 4.01.